The molecule has 1 aromatic heterocycles. The summed E-state index contributed by atoms with van der Waals surface area (Å²) >= 11 is 0. The molecule has 1 saturated heterocycles. The van der Waals surface area contributed by atoms with Gasteiger partial charge in [-0.1, -0.05) is 13.8 Å². The second kappa shape index (κ2) is 7.98. The van der Waals surface area contributed by atoms with Crippen molar-refractivity contribution in [1.29, 1.82) is 0 Å². The number of nitrogens with zero attached hydrogens (tertiary/aromatic N) is 2. The summed E-state index contributed by atoms with van der Waals surface area (Å²) in [6.07, 6.45) is 4.11. The number of piperidine rings is 1. The van der Waals surface area contributed by atoms with Gasteiger partial charge < -0.3 is 15.5 Å². The number of aromatic nitrogens is 1. The zero-order valence-electron chi connectivity index (χ0n) is 13.1. The largest absolute Gasteiger partial charge is 0.357 e. The Labute approximate surface area is 127 Å². The Morgan fingerprint density at radius 1 is 1.33 bits per heavy atom. The van der Waals surface area contributed by atoms with Crippen molar-refractivity contribution in [3.05, 3.63) is 23.9 Å². The second-order valence-corrected chi connectivity index (χ2v) is 5.68. The van der Waals surface area contributed by atoms with Gasteiger partial charge >= 0.3 is 0 Å². The molecule has 5 nitrogen and oxygen atoms in total. The van der Waals surface area contributed by atoms with Crippen LogP contribution in [0.25, 0.3) is 0 Å². The lowest BCUT2D eigenvalue weighted by molar-refractivity contribution is 0.0953. The van der Waals surface area contributed by atoms with E-state index < -0.39 is 0 Å². The Morgan fingerprint density at radius 3 is 2.71 bits per heavy atom. The van der Waals surface area contributed by atoms with Crippen LogP contribution >= 0.6 is 0 Å². The van der Waals surface area contributed by atoms with Crippen LogP contribution < -0.4 is 15.5 Å². The van der Waals surface area contributed by atoms with Crippen LogP contribution in [0.15, 0.2) is 18.3 Å². The van der Waals surface area contributed by atoms with Gasteiger partial charge in [0.25, 0.3) is 5.91 Å². The maximum atomic E-state index is 11.9. The van der Waals surface area contributed by atoms with Gasteiger partial charge in [0.15, 0.2) is 0 Å². The molecule has 116 valence electrons. The highest BCUT2D eigenvalue weighted by Crippen LogP contribution is 2.21. The topological polar surface area (TPSA) is 57.3 Å². The minimum Gasteiger partial charge on any atom is -0.357 e. The first-order chi connectivity index (χ1) is 10.2. The highest BCUT2D eigenvalue weighted by molar-refractivity contribution is 5.94. The van der Waals surface area contributed by atoms with E-state index in [1.54, 1.807) is 6.20 Å². The van der Waals surface area contributed by atoms with Gasteiger partial charge in [-0.05, 0) is 37.4 Å². The smallest absolute Gasteiger partial charge is 0.252 e. The lowest BCUT2D eigenvalue weighted by Crippen LogP contribution is -2.34. The summed E-state index contributed by atoms with van der Waals surface area (Å²) in [6.45, 7) is 8.81. The Kier molecular flexibility index (Phi) is 5.99. The highest BCUT2D eigenvalue weighted by Gasteiger charge is 2.17. The van der Waals surface area contributed by atoms with E-state index in [2.05, 4.69) is 27.4 Å². The monoisotopic (exact) mass is 290 g/mol. The first-order valence-corrected chi connectivity index (χ1v) is 7.90. The first-order valence-electron chi connectivity index (χ1n) is 7.90. The molecule has 1 aliphatic rings. The molecule has 2 rings (SSSR count). The minimum absolute atomic E-state index is 0.0563. The first kappa shape index (κ1) is 15.8. The summed E-state index contributed by atoms with van der Waals surface area (Å²) in [5.74, 6) is 1.73. The van der Waals surface area contributed by atoms with Crippen LogP contribution in [0.3, 0.4) is 0 Å². The summed E-state index contributed by atoms with van der Waals surface area (Å²) in [5.41, 5.74) is 0.626. The normalized spacial score (nSPS) is 16.0. The average Bonchev–Trinajstić information content (AvgIpc) is 2.52. The lowest BCUT2D eigenvalue weighted by Gasteiger charge is -2.31. The van der Waals surface area contributed by atoms with E-state index in [9.17, 15) is 4.79 Å². The fourth-order valence-corrected chi connectivity index (χ4v) is 2.49. The molecule has 0 radical (unpaired) electrons. The molecule has 0 aromatic carbocycles. The Bertz CT molecular complexity index is 438. The molecular weight excluding hydrogens is 264 g/mol. The molecule has 1 aromatic rings. The summed E-state index contributed by atoms with van der Waals surface area (Å²) in [6, 6.07) is 3.82. The Morgan fingerprint density at radius 2 is 2.10 bits per heavy atom. The quantitative estimate of drug-likeness (QED) is 0.782. The number of pyridine rings is 1. The van der Waals surface area contributed by atoms with Crippen LogP contribution in [0.5, 0.6) is 0 Å². The molecule has 0 saturated carbocycles. The van der Waals surface area contributed by atoms with Crippen LogP contribution in [-0.4, -0.2) is 43.6 Å². The third-order valence-electron chi connectivity index (χ3n) is 3.96. The number of hydrogen-bond donors (Lipinski definition) is 2. The van der Waals surface area contributed by atoms with Crippen LogP contribution in [0.4, 0.5) is 5.82 Å². The van der Waals surface area contributed by atoms with Crippen molar-refractivity contribution < 1.29 is 4.79 Å². The molecular formula is C16H26N4O. The Balaban J connectivity index is 1.85. The highest BCUT2D eigenvalue weighted by atomic mass is 16.1. The van der Waals surface area contributed by atoms with Gasteiger partial charge in [0, 0.05) is 32.4 Å². The molecule has 21 heavy (non-hydrogen) atoms. The molecule has 5 heteroatoms. The fraction of sp³-hybridized carbons (Fsp3) is 0.625. The number of hydrogen-bond acceptors (Lipinski definition) is 4. The Hall–Kier alpha value is -1.62. The predicted octanol–water partition coefficient (Wildman–Crippen LogP) is 1.66. The number of carbonyl (C=O) groups is 1. The third-order valence-corrected chi connectivity index (χ3v) is 3.96. The number of anilines is 1. The maximum Gasteiger partial charge on any atom is 0.252 e. The fourth-order valence-electron chi connectivity index (χ4n) is 2.49. The molecule has 0 atom stereocenters. The van der Waals surface area contributed by atoms with Crippen molar-refractivity contribution in [2.45, 2.75) is 26.7 Å². The van der Waals surface area contributed by atoms with E-state index in [0.29, 0.717) is 12.1 Å². The van der Waals surface area contributed by atoms with Crippen LogP contribution in [0, 0.1) is 5.92 Å². The molecule has 2 N–H and O–H groups in total. The molecule has 1 fully saturated rings. The van der Waals surface area contributed by atoms with Crippen molar-refractivity contribution in [3.63, 3.8) is 0 Å². The van der Waals surface area contributed by atoms with E-state index in [1.165, 1.54) is 12.8 Å². The molecule has 0 unspecified atom stereocenters. The molecule has 1 aliphatic heterocycles. The van der Waals surface area contributed by atoms with Gasteiger partial charge in [0.05, 0.1) is 5.56 Å². The van der Waals surface area contributed by atoms with E-state index in [1.807, 2.05) is 19.1 Å². The SMILES string of the molecule is CCNCCNC(=O)c1ccc(N2CCC(C)CC2)nc1. The summed E-state index contributed by atoms with van der Waals surface area (Å²) in [7, 11) is 0. The van der Waals surface area contributed by atoms with E-state index >= 15 is 0 Å². The summed E-state index contributed by atoms with van der Waals surface area (Å²) < 4.78 is 0. The van der Waals surface area contributed by atoms with Gasteiger partial charge in [0.1, 0.15) is 5.82 Å². The molecule has 2 heterocycles. The van der Waals surface area contributed by atoms with Crippen LogP contribution in [-0.2, 0) is 0 Å². The number of nitrogens with one attached hydrogen (secondary N) is 2. The lowest BCUT2D eigenvalue weighted by atomic mass is 9.99. The number of rotatable bonds is 6. The van der Waals surface area contributed by atoms with Gasteiger partial charge in [0.2, 0.25) is 0 Å². The third kappa shape index (κ3) is 4.70. The van der Waals surface area contributed by atoms with E-state index in [0.717, 1.165) is 37.9 Å². The number of amides is 1. The van der Waals surface area contributed by atoms with Crippen molar-refractivity contribution >= 4 is 11.7 Å². The summed E-state index contributed by atoms with van der Waals surface area (Å²) in [4.78, 5) is 18.7. The van der Waals surface area contributed by atoms with Crippen molar-refractivity contribution in [1.82, 2.24) is 15.6 Å². The zero-order chi connectivity index (χ0) is 15.1. The number of likely N-dealkylation sites (N-methyl/N-ethyl adjacent to an activating group) is 1. The number of carbonyl (C=O) groups excluding carboxylic acids is 1. The zero-order valence-corrected chi connectivity index (χ0v) is 13.1. The van der Waals surface area contributed by atoms with Gasteiger partial charge in [-0.3, -0.25) is 4.79 Å². The average molecular weight is 290 g/mol. The van der Waals surface area contributed by atoms with Crippen LogP contribution in [0.2, 0.25) is 0 Å². The van der Waals surface area contributed by atoms with Gasteiger partial charge in [-0.2, -0.15) is 0 Å². The van der Waals surface area contributed by atoms with Crippen molar-refractivity contribution in [2.75, 3.05) is 37.6 Å². The predicted molar refractivity (Wildman–Crippen MR) is 85.7 cm³/mol. The van der Waals surface area contributed by atoms with Gasteiger partial charge in [-0.25, -0.2) is 4.98 Å². The summed E-state index contributed by atoms with van der Waals surface area (Å²) in [5, 5.41) is 6.06. The van der Waals surface area contributed by atoms with Crippen LogP contribution in [0.1, 0.15) is 37.0 Å². The maximum absolute atomic E-state index is 11.9. The van der Waals surface area contributed by atoms with E-state index in [4.69, 9.17) is 0 Å². The van der Waals surface area contributed by atoms with Crippen molar-refractivity contribution in [2.24, 2.45) is 5.92 Å². The standard InChI is InChI=1S/C16H26N4O/c1-3-17-8-9-18-16(21)14-4-5-15(19-12-14)20-10-6-13(2)7-11-20/h4-5,12-13,17H,3,6-11H2,1-2H3,(H,18,21). The molecule has 0 spiro atoms. The molecule has 1 amide bonds. The molecule has 0 aliphatic carbocycles. The van der Waals surface area contributed by atoms with E-state index in [-0.39, 0.29) is 5.91 Å². The van der Waals surface area contributed by atoms with Crippen molar-refractivity contribution in [3.8, 4) is 0 Å². The van der Waals surface area contributed by atoms with Gasteiger partial charge in [-0.15, -0.1) is 0 Å². The second-order valence-electron chi connectivity index (χ2n) is 5.68. The minimum atomic E-state index is -0.0563. The molecule has 0 bridgehead atoms.